The van der Waals surface area contributed by atoms with Crippen LogP contribution in [-0.2, 0) is 40.9 Å². The summed E-state index contributed by atoms with van der Waals surface area (Å²) < 4.78 is 24.2. The maximum atomic E-state index is 13.6. The maximum absolute atomic E-state index is 13.6. The minimum Gasteiger partial charge on any atom is -0.469 e. The third-order valence-corrected chi connectivity index (χ3v) is 20.1. The number of carbonyl (C=O) groups is 2. The topological polar surface area (TPSA) is 71.1 Å². The second-order valence-electron chi connectivity index (χ2n) is 15.6. The van der Waals surface area contributed by atoms with E-state index in [0.717, 1.165) is 36.3 Å². The Morgan fingerprint density at radius 2 is 1.64 bits per heavy atom. The number of hydrogen-bond donors (Lipinski definition) is 0. The molecule has 0 aromatic heterocycles. The SMILES string of the molecule is COCc1cccc(C[C@@H](C=C[C@H]2[C@H](O[Si](C)(C)C(C)(C)C)CC(=O)[C@@H]2CCSCCCC(=O)OC)O[Si](C)(C)C(C)(C)C)c1. The molecule has 9 heteroatoms. The first kappa shape index (κ1) is 39.9. The predicted octanol–water partition coefficient (Wildman–Crippen LogP) is 8.99. The van der Waals surface area contributed by atoms with Crippen LogP contribution in [0.4, 0.5) is 0 Å². The molecule has 1 fully saturated rings. The third-order valence-electron chi connectivity index (χ3n) is 9.97. The molecule has 256 valence electrons. The molecule has 0 saturated heterocycles. The molecule has 1 aromatic rings. The lowest BCUT2D eigenvalue weighted by molar-refractivity contribution is -0.140. The standard InChI is InChI=1S/C36H62O6SSi2/c1-35(2,3)44(9,10)41-29(24-27-15-13-16-28(23-27)26-39-7)18-19-31-30(20-22-43-21-14-17-34(38)40-8)32(37)25-33(31)42-45(11,12)36(4,5)6/h13,15-16,18-19,23,29-31,33H,14,17,20-22,24-26H2,1-12H3/t29-,30-,31-,33-/m1/s1. The molecule has 0 radical (unpaired) electrons. The minimum absolute atomic E-state index is 0.00707. The first-order valence-corrected chi connectivity index (χ1v) is 23.6. The van der Waals surface area contributed by atoms with Crippen LogP contribution in [0.5, 0.6) is 0 Å². The van der Waals surface area contributed by atoms with Gasteiger partial charge in [0.2, 0.25) is 0 Å². The molecular weight excluding hydrogens is 617 g/mol. The molecule has 0 aliphatic heterocycles. The zero-order valence-corrected chi connectivity index (χ0v) is 33.1. The van der Waals surface area contributed by atoms with Gasteiger partial charge in [-0.15, -0.1) is 0 Å². The zero-order valence-electron chi connectivity index (χ0n) is 30.3. The molecule has 0 amide bonds. The summed E-state index contributed by atoms with van der Waals surface area (Å²) in [5.74, 6) is 1.82. The Labute approximate surface area is 281 Å². The van der Waals surface area contributed by atoms with Crippen molar-refractivity contribution in [3.63, 3.8) is 0 Å². The van der Waals surface area contributed by atoms with Crippen LogP contribution in [0.1, 0.15) is 78.4 Å². The maximum Gasteiger partial charge on any atom is 0.305 e. The highest BCUT2D eigenvalue weighted by Crippen LogP contribution is 2.43. The summed E-state index contributed by atoms with van der Waals surface area (Å²) >= 11 is 1.81. The van der Waals surface area contributed by atoms with Crippen LogP contribution in [0.25, 0.3) is 0 Å². The molecule has 0 N–H and O–H groups in total. The van der Waals surface area contributed by atoms with Gasteiger partial charge in [0.05, 0.1) is 25.9 Å². The van der Waals surface area contributed by atoms with E-state index >= 15 is 0 Å². The van der Waals surface area contributed by atoms with Gasteiger partial charge in [0.1, 0.15) is 5.78 Å². The van der Waals surface area contributed by atoms with Gasteiger partial charge in [-0.1, -0.05) is 78.0 Å². The monoisotopic (exact) mass is 678 g/mol. The van der Waals surface area contributed by atoms with E-state index in [1.165, 1.54) is 12.7 Å². The predicted molar refractivity (Wildman–Crippen MR) is 194 cm³/mol. The van der Waals surface area contributed by atoms with Crippen molar-refractivity contribution in [3.8, 4) is 0 Å². The number of benzene rings is 1. The second kappa shape index (κ2) is 17.2. The number of rotatable bonds is 17. The normalized spacial score (nSPS) is 20.6. The van der Waals surface area contributed by atoms with Gasteiger partial charge in [-0.2, -0.15) is 11.8 Å². The summed E-state index contributed by atoms with van der Waals surface area (Å²) in [6, 6.07) is 8.56. The average molecular weight is 679 g/mol. The van der Waals surface area contributed by atoms with E-state index in [1.54, 1.807) is 7.11 Å². The van der Waals surface area contributed by atoms with E-state index in [4.69, 9.17) is 18.3 Å². The Kier molecular flexibility index (Phi) is 15.3. The van der Waals surface area contributed by atoms with Crippen molar-refractivity contribution in [3.05, 3.63) is 47.5 Å². The van der Waals surface area contributed by atoms with Crippen molar-refractivity contribution >= 4 is 40.1 Å². The van der Waals surface area contributed by atoms with Gasteiger partial charge in [0.15, 0.2) is 16.6 Å². The molecule has 1 aliphatic carbocycles. The smallest absolute Gasteiger partial charge is 0.305 e. The van der Waals surface area contributed by atoms with E-state index in [1.807, 2.05) is 11.8 Å². The summed E-state index contributed by atoms with van der Waals surface area (Å²) in [6.07, 6.45) is 7.53. The number of carbonyl (C=O) groups excluding carboxylic acids is 2. The molecule has 0 spiro atoms. The van der Waals surface area contributed by atoms with Gasteiger partial charge >= 0.3 is 5.97 Å². The van der Waals surface area contributed by atoms with E-state index in [9.17, 15) is 9.59 Å². The summed E-state index contributed by atoms with van der Waals surface area (Å²) in [7, 11) is -1.03. The number of thioether (sulfide) groups is 1. The molecule has 1 aliphatic rings. The Hall–Kier alpha value is -1.24. The minimum atomic E-state index is -2.10. The average Bonchev–Trinajstić information content (AvgIpc) is 3.20. The second-order valence-corrected chi connectivity index (χ2v) is 26.3. The lowest BCUT2D eigenvalue weighted by Crippen LogP contribution is -2.45. The van der Waals surface area contributed by atoms with Crippen LogP contribution in [0.15, 0.2) is 36.4 Å². The molecule has 2 rings (SSSR count). The Morgan fingerprint density at radius 1 is 1.00 bits per heavy atom. The van der Waals surface area contributed by atoms with E-state index in [2.05, 4.69) is 104 Å². The lowest BCUT2D eigenvalue weighted by Gasteiger charge is -2.40. The Balaban J connectivity index is 2.37. The fourth-order valence-electron chi connectivity index (χ4n) is 5.18. The fraction of sp³-hybridized carbons (Fsp3) is 0.722. The van der Waals surface area contributed by atoms with Crippen LogP contribution in [-0.4, -0.2) is 66.3 Å². The van der Waals surface area contributed by atoms with Gasteiger partial charge in [0.25, 0.3) is 0 Å². The molecule has 0 heterocycles. The van der Waals surface area contributed by atoms with Gasteiger partial charge in [0, 0.05) is 38.2 Å². The van der Waals surface area contributed by atoms with Crippen molar-refractivity contribution in [1.82, 2.24) is 0 Å². The zero-order chi connectivity index (χ0) is 34.1. The van der Waals surface area contributed by atoms with Crippen molar-refractivity contribution in [2.75, 3.05) is 25.7 Å². The largest absolute Gasteiger partial charge is 0.469 e. The van der Waals surface area contributed by atoms with Crippen molar-refractivity contribution in [2.24, 2.45) is 11.8 Å². The number of methoxy groups -OCH3 is 2. The summed E-state index contributed by atoms with van der Waals surface area (Å²) in [6.45, 7) is 23.3. The van der Waals surface area contributed by atoms with Crippen LogP contribution >= 0.6 is 11.8 Å². The highest BCUT2D eigenvalue weighted by molar-refractivity contribution is 7.99. The van der Waals surface area contributed by atoms with Crippen molar-refractivity contribution in [1.29, 1.82) is 0 Å². The lowest BCUT2D eigenvalue weighted by atomic mass is 9.91. The Morgan fingerprint density at radius 3 is 2.24 bits per heavy atom. The first-order chi connectivity index (χ1) is 20.8. The fourth-order valence-corrected chi connectivity index (χ4v) is 8.78. The van der Waals surface area contributed by atoms with E-state index < -0.39 is 16.6 Å². The number of Topliss-reactive ketones (excluding diaryl/α,β-unsaturated/α-hetero) is 1. The van der Waals surface area contributed by atoms with E-state index in [-0.39, 0.29) is 40.1 Å². The molecule has 6 nitrogen and oxygen atoms in total. The van der Waals surface area contributed by atoms with Gasteiger partial charge in [-0.05, 0) is 71.7 Å². The molecule has 45 heavy (non-hydrogen) atoms. The number of hydrogen-bond acceptors (Lipinski definition) is 7. The summed E-state index contributed by atoms with van der Waals surface area (Å²) in [4.78, 5) is 25.1. The third kappa shape index (κ3) is 12.4. The highest BCUT2D eigenvalue weighted by atomic mass is 32.2. The van der Waals surface area contributed by atoms with Crippen LogP contribution in [0.2, 0.25) is 36.3 Å². The number of ketones is 1. The quantitative estimate of drug-likeness (QED) is 0.0705. The van der Waals surface area contributed by atoms with Crippen molar-refractivity contribution in [2.45, 2.75) is 129 Å². The number of esters is 1. The van der Waals surface area contributed by atoms with Crippen LogP contribution in [0, 0.1) is 11.8 Å². The van der Waals surface area contributed by atoms with Crippen molar-refractivity contribution < 1.29 is 27.9 Å². The molecule has 1 aromatic carbocycles. The Bertz CT molecular complexity index is 1120. The number of ether oxygens (including phenoxy) is 2. The van der Waals surface area contributed by atoms with Crippen LogP contribution in [0.3, 0.4) is 0 Å². The van der Waals surface area contributed by atoms with Crippen LogP contribution < -0.4 is 0 Å². The summed E-state index contributed by atoms with van der Waals surface area (Å²) in [5.41, 5.74) is 2.37. The molecule has 0 unspecified atom stereocenters. The molecule has 4 atom stereocenters. The first-order valence-electron chi connectivity index (χ1n) is 16.6. The summed E-state index contributed by atoms with van der Waals surface area (Å²) in [5, 5.41) is 0.126. The van der Waals surface area contributed by atoms with Gasteiger partial charge in [-0.3, -0.25) is 9.59 Å². The molecule has 0 bridgehead atoms. The molecule has 1 saturated carbocycles. The molecular formula is C36H62O6SSi2. The highest BCUT2D eigenvalue weighted by Gasteiger charge is 2.47. The van der Waals surface area contributed by atoms with Gasteiger partial charge < -0.3 is 18.3 Å². The van der Waals surface area contributed by atoms with Gasteiger partial charge in [-0.25, -0.2) is 0 Å². The van der Waals surface area contributed by atoms with E-state index in [0.29, 0.717) is 25.2 Å².